The number of aromatic nitrogens is 3. The first kappa shape index (κ1) is 13.2. The summed E-state index contributed by atoms with van der Waals surface area (Å²) in [5, 5.41) is 12.4. The predicted octanol–water partition coefficient (Wildman–Crippen LogP) is 1.63. The molecule has 2 heterocycles. The highest BCUT2D eigenvalue weighted by atomic mass is 32.2. The smallest absolute Gasteiger partial charge is 0.321 e. The zero-order chi connectivity index (χ0) is 13.0. The fraction of sp³-hybridized carbons (Fsp3) is 0.727. The molecule has 0 spiro atoms. The molecule has 1 aromatic rings. The average Bonchev–Trinajstić information content (AvgIpc) is 2.89. The van der Waals surface area contributed by atoms with Gasteiger partial charge in [-0.2, -0.15) is 16.7 Å². The maximum atomic E-state index is 11.7. The van der Waals surface area contributed by atoms with E-state index in [4.69, 9.17) is 0 Å². The second kappa shape index (κ2) is 6.08. The van der Waals surface area contributed by atoms with E-state index in [1.165, 1.54) is 0 Å². The van der Waals surface area contributed by atoms with Crippen LogP contribution in [0.4, 0.5) is 10.7 Å². The van der Waals surface area contributed by atoms with Crippen molar-refractivity contribution in [2.24, 2.45) is 5.92 Å². The molecule has 0 bridgehead atoms. The molecule has 1 aromatic heterocycles. The van der Waals surface area contributed by atoms with Gasteiger partial charge in [0.15, 0.2) is 0 Å². The number of amides is 2. The normalized spacial score (nSPS) is 19.2. The summed E-state index contributed by atoms with van der Waals surface area (Å²) in [5.74, 6) is 3.75. The summed E-state index contributed by atoms with van der Waals surface area (Å²) >= 11 is 1.86. The lowest BCUT2D eigenvalue weighted by Gasteiger charge is -2.10. The van der Waals surface area contributed by atoms with Crippen LogP contribution in [-0.4, -0.2) is 38.8 Å². The number of rotatable bonds is 4. The highest BCUT2D eigenvalue weighted by Crippen LogP contribution is 2.16. The van der Waals surface area contributed by atoms with E-state index in [2.05, 4.69) is 39.7 Å². The van der Waals surface area contributed by atoms with E-state index in [0.29, 0.717) is 11.9 Å². The standard InChI is InChI=1S/C11H19N5OS/c1-7(2)5-9-13-10(16-15-9)14-11(17)12-8-3-4-18-6-8/h7-8H,3-6H2,1-2H3,(H3,12,13,14,15,16,17)/t8-/m0/s1. The van der Waals surface area contributed by atoms with Crippen LogP contribution in [0.25, 0.3) is 0 Å². The molecule has 100 valence electrons. The minimum atomic E-state index is -0.224. The van der Waals surface area contributed by atoms with Crippen LogP contribution in [0.3, 0.4) is 0 Å². The van der Waals surface area contributed by atoms with Crippen molar-refractivity contribution in [2.75, 3.05) is 16.8 Å². The zero-order valence-corrected chi connectivity index (χ0v) is 11.5. The molecule has 0 saturated carbocycles. The molecule has 6 nitrogen and oxygen atoms in total. The number of H-pyrrole nitrogens is 1. The summed E-state index contributed by atoms with van der Waals surface area (Å²) in [5.41, 5.74) is 0. The van der Waals surface area contributed by atoms with Crippen molar-refractivity contribution in [1.29, 1.82) is 0 Å². The van der Waals surface area contributed by atoms with Crippen LogP contribution in [0.15, 0.2) is 0 Å². The van der Waals surface area contributed by atoms with Crippen LogP contribution in [0, 0.1) is 5.92 Å². The molecule has 0 aliphatic carbocycles. The number of urea groups is 1. The molecule has 3 N–H and O–H groups in total. The third-order valence-corrected chi connectivity index (χ3v) is 3.79. The monoisotopic (exact) mass is 269 g/mol. The first-order valence-electron chi connectivity index (χ1n) is 6.20. The van der Waals surface area contributed by atoms with Crippen LogP contribution in [-0.2, 0) is 6.42 Å². The van der Waals surface area contributed by atoms with E-state index >= 15 is 0 Å². The van der Waals surface area contributed by atoms with E-state index in [0.717, 1.165) is 30.2 Å². The van der Waals surface area contributed by atoms with E-state index in [1.807, 2.05) is 11.8 Å². The molecular weight excluding hydrogens is 250 g/mol. The maximum absolute atomic E-state index is 11.7. The molecule has 18 heavy (non-hydrogen) atoms. The van der Waals surface area contributed by atoms with Gasteiger partial charge in [-0.05, 0) is 18.1 Å². The third kappa shape index (κ3) is 3.90. The lowest BCUT2D eigenvalue weighted by Crippen LogP contribution is -2.38. The van der Waals surface area contributed by atoms with Gasteiger partial charge in [0, 0.05) is 18.2 Å². The first-order valence-corrected chi connectivity index (χ1v) is 7.35. The SMILES string of the molecule is CC(C)Cc1nc(NC(=O)N[C@H]2CCSC2)n[nH]1. The number of nitrogens with zero attached hydrogens (tertiary/aromatic N) is 2. The highest BCUT2D eigenvalue weighted by Gasteiger charge is 2.18. The van der Waals surface area contributed by atoms with E-state index in [9.17, 15) is 4.79 Å². The second-order valence-electron chi connectivity index (χ2n) is 4.86. The number of thioether (sulfide) groups is 1. The molecule has 1 atom stereocenters. The van der Waals surface area contributed by atoms with Crippen molar-refractivity contribution in [3.8, 4) is 0 Å². The summed E-state index contributed by atoms with van der Waals surface area (Å²) < 4.78 is 0. The van der Waals surface area contributed by atoms with Crippen molar-refractivity contribution >= 4 is 23.7 Å². The first-order chi connectivity index (χ1) is 8.63. The molecule has 7 heteroatoms. The Labute approximate surface area is 111 Å². The fourth-order valence-electron chi connectivity index (χ4n) is 1.80. The number of hydrogen-bond donors (Lipinski definition) is 3. The van der Waals surface area contributed by atoms with Gasteiger partial charge in [-0.15, -0.1) is 5.10 Å². The predicted molar refractivity (Wildman–Crippen MR) is 72.8 cm³/mol. The van der Waals surface area contributed by atoms with Crippen molar-refractivity contribution < 1.29 is 4.79 Å². The average molecular weight is 269 g/mol. The molecule has 0 unspecified atom stereocenters. The Morgan fingerprint density at radius 2 is 2.44 bits per heavy atom. The van der Waals surface area contributed by atoms with Crippen LogP contribution >= 0.6 is 11.8 Å². The van der Waals surface area contributed by atoms with Crippen LogP contribution < -0.4 is 10.6 Å². The second-order valence-corrected chi connectivity index (χ2v) is 6.01. The molecule has 1 saturated heterocycles. The van der Waals surface area contributed by atoms with E-state index < -0.39 is 0 Å². The summed E-state index contributed by atoms with van der Waals surface area (Å²) in [6.07, 6.45) is 1.86. The van der Waals surface area contributed by atoms with Gasteiger partial charge in [-0.3, -0.25) is 10.4 Å². The zero-order valence-electron chi connectivity index (χ0n) is 10.7. The molecule has 1 aliphatic rings. The van der Waals surface area contributed by atoms with Crippen LogP contribution in [0.1, 0.15) is 26.1 Å². The van der Waals surface area contributed by atoms with Gasteiger partial charge < -0.3 is 5.32 Å². The van der Waals surface area contributed by atoms with Gasteiger partial charge in [-0.1, -0.05) is 13.8 Å². The van der Waals surface area contributed by atoms with Gasteiger partial charge in [-0.25, -0.2) is 4.79 Å². The van der Waals surface area contributed by atoms with Crippen molar-refractivity contribution in [3.63, 3.8) is 0 Å². The van der Waals surface area contributed by atoms with E-state index in [-0.39, 0.29) is 12.1 Å². The van der Waals surface area contributed by atoms with Crippen LogP contribution in [0.5, 0.6) is 0 Å². The highest BCUT2D eigenvalue weighted by molar-refractivity contribution is 7.99. The van der Waals surface area contributed by atoms with Crippen molar-refractivity contribution in [2.45, 2.75) is 32.7 Å². The Kier molecular flexibility index (Phi) is 4.46. The maximum Gasteiger partial charge on any atom is 0.321 e. The van der Waals surface area contributed by atoms with Gasteiger partial charge in [0.2, 0.25) is 5.95 Å². The molecule has 2 amide bonds. The van der Waals surface area contributed by atoms with E-state index in [1.54, 1.807) is 0 Å². The largest absolute Gasteiger partial charge is 0.334 e. The molecule has 0 radical (unpaired) electrons. The fourth-order valence-corrected chi connectivity index (χ4v) is 2.95. The Balaban J connectivity index is 1.81. The minimum absolute atomic E-state index is 0.224. The number of aromatic amines is 1. The summed E-state index contributed by atoms with van der Waals surface area (Å²) in [6.45, 7) is 4.22. The van der Waals surface area contributed by atoms with Crippen molar-refractivity contribution in [1.82, 2.24) is 20.5 Å². The number of hydrogen-bond acceptors (Lipinski definition) is 4. The minimum Gasteiger partial charge on any atom is -0.334 e. The molecule has 2 rings (SSSR count). The summed E-state index contributed by atoms with van der Waals surface area (Å²) in [4.78, 5) is 15.9. The van der Waals surface area contributed by atoms with Crippen LogP contribution in [0.2, 0.25) is 0 Å². The third-order valence-electron chi connectivity index (χ3n) is 2.62. The number of carbonyl (C=O) groups is 1. The van der Waals surface area contributed by atoms with Gasteiger partial charge in [0.05, 0.1) is 0 Å². The number of anilines is 1. The molecular formula is C11H19N5OS. The molecule has 0 aromatic carbocycles. The topological polar surface area (TPSA) is 82.7 Å². The Hall–Kier alpha value is -1.24. The lowest BCUT2D eigenvalue weighted by molar-refractivity contribution is 0.249. The Bertz CT molecular complexity index is 400. The summed E-state index contributed by atoms with van der Waals surface area (Å²) in [7, 11) is 0. The number of nitrogens with one attached hydrogen (secondary N) is 3. The quantitative estimate of drug-likeness (QED) is 0.776. The Morgan fingerprint density at radius 1 is 1.61 bits per heavy atom. The van der Waals surface area contributed by atoms with Crippen molar-refractivity contribution in [3.05, 3.63) is 5.82 Å². The lowest BCUT2D eigenvalue weighted by atomic mass is 10.1. The number of carbonyl (C=O) groups excluding carboxylic acids is 1. The van der Waals surface area contributed by atoms with Gasteiger partial charge >= 0.3 is 6.03 Å². The van der Waals surface area contributed by atoms with Gasteiger partial charge in [0.1, 0.15) is 5.82 Å². The molecule has 1 aliphatic heterocycles. The van der Waals surface area contributed by atoms with Gasteiger partial charge in [0.25, 0.3) is 0 Å². The summed E-state index contributed by atoms with van der Waals surface area (Å²) in [6, 6.07) is 0.0432. The Morgan fingerprint density at radius 3 is 3.11 bits per heavy atom. The molecule has 1 fully saturated rings.